The van der Waals surface area contributed by atoms with Crippen LogP contribution in [0.5, 0.6) is 0 Å². The SMILES string of the molecule is CCC1(c2ccc(NC(=O)C=Cc3c(Cl)cccc3Cl)cc2)CCC(=O)NC1=O. The first kappa shape index (κ1) is 21.1. The van der Waals surface area contributed by atoms with Gasteiger partial charge in [0.2, 0.25) is 17.7 Å². The highest BCUT2D eigenvalue weighted by Crippen LogP contribution is 2.36. The number of rotatable bonds is 5. The lowest BCUT2D eigenvalue weighted by atomic mass is 9.72. The normalized spacial score (nSPS) is 19.3. The molecule has 0 radical (unpaired) electrons. The lowest BCUT2D eigenvalue weighted by molar-refractivity contribution is -0.138. The van der Waals surface area contributed by atoms with Crippen molar-refractivity contribution in [3.05, 3.63) is 69.7 Å². The van der Waals surface area contributed by atoms with Crippen molar-refractivity contribution >= 4 is 52.7 Å². The Hall–Kier alpha value is -2.63. The van der Waals surface area contributed by atoms with E-state index >= 15 is 0 Å². The molecule has 0 spiro atoms. The Balaban J connectivity index is 1.72. The Morgan fingerprint density at radius 2 is 1.79 bits per heavy atom. The number of halogens is 2. The predicted octanol–water partition coefficient (Wildman–Crippen LogP) is 4.73. The van der Waals surface area contributed by atoms with Crippen LogP contribution in [0.4, 0.5) is 5.69 Å². The molecule has 0 aromatic heterocycles. The second-order valence-electron chi connectivity index (χ2n) is 6.85. The van der Waals surface area contributed by atoms with Crippen molar-refractivity contribution < 1.29 is 14.4 Å². The van der Waals surface area contributed by atoms with Gasteiger partial charge in [-0.2, -0.15) is 0 Å². The summed E-state index contributed by atoms with van der Waals surface area (Å²) in [6, 6.07) is 12.2. The predicted molar refractivity (Wildman–Crippen MR) is 115 cm³/mol. The summed E-state index contributed by atoms with van der Waals surface area (Å²) < 4.78 is 0. The molecule has 0 saturated carbocycles. The van der Waals surface area contributed by atoms with Crippen molar-refractivity contribution in [1.29, 1.82) is 0 Å². The van der Waals surface area contributed by atoms with E-state index in [0.29, 0.717) is 40.6 Å². The molecular weight excluding hydrogens is 411 g/mol. The minimum atomic E-state index is -0.725. The molecule has 2 N–H and O–H groups in total. The van der Waals surface area contributed by atoms with E-state index in [4.69, 9.17) is 23.2 Å². The fourth-order valence-electron chi connectivity index (χ4n) is 3.45. The Morgan fingerprint density at radius 1 is 1.14 bits per heavy atom. The number of hydrogen-bond acceptors (Lipinski definition) is 3. The summed E-state index contributed by atoms with van der Waals surface area (Å²) in [5.74, 6) is -0.846. The summed E-state index contributed by atoms with van der Waals surface area (Å²) in [5.41, 5.74) is 1.26. The number of imide groups is 1. The van der Waals surface area contributed by atoms with E-state index in [0.717, 1.165) is 5.56 Å². The molecule has 3 rings (SSSR count). The molecule has 0 bridgehead atoms. The van der Waals surface area contributed by atoms with Gasteiger partial charge in [0.15, 0.2) is 0 Å². The van der Waals surface area contributed by atoms with E-state index in [1.807, 2.05) is 19.1 Å². The van der Waals surface area contributed by atoms with Crippen LogP contribution in [0.15, 0.2) is 48.5 Å². The fraction of sp³-hybridized carbons (Fsp3) is 0.227. The third kappa shape index (κ3) is 4.52. The number of carbonyl (C=O) groups is 3. The van der Waals surface area contributed by atoms with Gasteiger partial charge in [0.1, 0.15) is 0 Å². The second-order valence-corrected chi connectivity index (χ2v) is 7.66. The number of amides is 3. The van der Waals surface area contributed by atoms with Crippen molar-refractivity contribution in [1.82, 2.24) is 5.32 Å². The van der Waals surface area contributed by atoms with Crippen LogP contribution in [0.3, 0.4) is 0 Å². The molecule has 1 fully saturated rings. The number of benzene rings is 2. The third-order valence-electron chi connectivity index (χ3n) is 5.18. The first-order valence-corrected chi connectivity index (χ1v) is 9.99. The molecule has 7 heteroatoms. The van der Waals surface area contributed by atoms with Gasteiger partial charge in [0.25, 0.3) is 0 Å². The van der Waals surface area contributed by atoms with Gasteiger partial charge in [0.05, 0.1) is 5.41 Å². The van der Waals surface area contributed by atoms with Gasteiger partial charge in [-0.25, -0.2) is 0 Å². The van der Waals surface area contributed by atoms with Gasteiger partial charge in [0, 0.05) is 33.8 Å². The molecule has 5 nitrogen and oxygen atoms in total. The van der Waals surface area contributed by atoms with Crippen molar-refractivity contribution in [2.75, 3.05) is 5.32 Å². The van der Waals surface area contributed by atoms with Crippen LogP contribution < -0.4 is 10.6 Å². The Kier molecular flexibility index (Phi) is 6.40. The highest BCUT2D eigenvalue weighted by Gasteiger charge is 2.42. The fourth-order valence-corrected chi connectivity index (χ4v) is 3.98. The molecule has 2 aromatic rings. The summed E-state index contributed by atoms with van der Waals surface area (Å²) in [6.45, 7) is 1.93. The molecule has 1 aliphatic heterocycles. The van der Waals surface area contributed by atoms with Gasteiger partial charge < -0.3 is 5.32 Å². The zero-order chi connectivity index (χ0) is 21.0. The van der Waals surface area contributed by atoms with E-state index in [-0.39, 0.29) is 17.7 Å². The molecular formula is C22H20Cl2N2O3. The average molecular weight is 431 g/mol. The number of carbonyl (C=O) groups excluding carboxylic acids is 3. The molecule has 1 unspecified atom stereocenters. The zero-order valence-electron chi connectivity index (χ0n) is 15.8. The quantitative estimate of drug-likeness (QED) is 0.531. The largest absolute Gasteiger partial charge is 0.323 e. The summed E-state index contributed by atoms with van der Waals surface area (Å²) in [7, 11) is 0. The monoisotopic (exact) mass is 430 g/mol. The smallest absolute Gasteiger partial charge is 0.248 e. The van der Waals surface area contributed by atoms with Gasteiger partial charge in [-0.05, 0) is 48.7 Å². The van der Waals surface area contributed by atoms with Gasteiger partial charge >= 0.3 is 0 Å². The highest BCUT2D eigenvalue weighted by molar-refractivity contribution is 6.37. The Morgan fingerprint density at radius 3 is 2.38 bits per heavy atom. The van der Waals surface area contributed by atoms with Crippen LogP contribution in [0.2, 0.25) is 10.0 Å². The van der Waals surface area contributed by atoms with Crippen LogP contribution in [0.1, 0.15) is 37.3 Å². The van der Waals surface area contributed by atoms with E-state index < -0.39 is 5.41 Å². The first-order chi connectivity index (χ1) is 13.9. The van der Waals surface area contributed by atoms with Crippen LogP contribution in [-0.4, -0.2) is 17.7 Å². The highest BCUT2D eigenvalue weighted by atomic mass is 35.5. The molecule has 1 aliphatic rings. The topological polar surface area (TPSA) is 75.3 Å². The second kappa shape index (κ2) is 8.80. The van der Waals surface area contributed by atoms with Crippen LogP contribution in [0.25, 0.3) is 6.08 Å². The van der Waals surface area contributed by atoms with Gasteiger partial charge in [-0.1, -0.05) is 48.3 Å². The summed E-state index contributed by atoms with van der Waals surface area (Å²) in [5, 5.41) is 6.11. The Bertz CT molecular complexity index is 966. The molecule has 3 amide bonds. The third-order valence-corrected chi connectivity index (χ3v) is 5.84. The lowest BCUT2D eigenvalue weighted by Crippen LogP contribution is -2.51. The van der Waals surface area contributed by atoms with Crippen molar-refractivity contribution in [3.8, 4) is 0 Å². The molecule has 1 heterocycles. The van der Waals surface area contributed by atoms with Crippen molar-refractivity contribution in [2.24, 2.45) is 0 Å². The van der Waals surface area contributed by atoms with E-state index in [1.54, 1.807) is 36.4 Å². The van der Waals surface area contributed by atoms with Gasteiger partial charge in [-0.3, -0.25) is 19.7 Å². The molecule has 29 heavy (non-hydrogen) atoms. The lowest BCUT2D eigenvalue weighted by Gasteiger charge is -2.35. The van der Waals surface area contributed by atoms with Crippen molar-refractivity contribution in [2.45, 2.75) is 31.6 Å². The van der Waals surface area contributed by atoms with Crippen LogP contribution in [-0.2, 0) is 19.8 Å². The van der Waals surface area contributed by atoms with Crippen molar-refractivity contribution in [3.63, 3.8) is 0 Å². The van der Waals surface area contributed by atoms with Crippen LogP contribution in [0, 0.1) is 0 Å². The summed E-state index contributed by atoms with van der Waals surface area (Å²) >= 11 is 12.2. The van der Waals surface area contributed by atoms with E-state index in [2.05, 4.69) is 10.6 Å². The standard InChI is InChI=1S/C22H20Cl2N2O3/c1-2-22(13-12-20(28)26-21(22)29)14-6-8-15(9-7-14)25-19(27)11-10-16-17(23)4-3-5-18(16)24/h3-11H,2,12-13H2,1H3,(H,25,27)(H,26,28,29). The number of hydrogen-bond donors (Lipinski definition) is 2. The Labute approximate surface area is 179 Å². The molecule has 1 saturated heterocycles. The summed E-state index contributed by atoms with van der Waals surface area (Å²) in [6.07, 6.45) is 4.28. The number of anilines is 1. The maximum atomic E-state index is 12.5. The minimum Gasteiger partial charge on any atom is -0.323 e. The van der Waals surface area contributed by atoms with Crippen LogP contribution >= 0.6 is 23.2 Å². The van der Waals surface area contributed by atoms with Gasteiger partial charge in [-0.15, -0.1) is 0 Å². The zero-order valence-corrected chi connectivity index (χ0v) is 17.3. The number of piperidine rings is 1. The average Bonchev–Trinajstić information content (AvgIpc) is 2.69. The molecule has 0 aliphatic carbocycles. The first-order valence-electron chi connectivity index (χ1n) is 9.23. The van der Waals surface area contributed by atoms with E-state index in [9.17, 15) is 14.4 Å². The molecule has 1 atom stereocenters. The molecule has 2 aromatic carbocycles. The maximum absolute atomic E-state index is 12.5. The summed E-state index contributed by atoms with van der Waals surface area (Å²) in [4.78, 5) is 36.2. The minimum absolute atomic E-state index is 0.242. The molecule has 150 valence electrons. The van der Waals surface area contributed by atoms with E-state index in [1.165, 1.54) is 6.08 Å². The maximum Gasteiger partial charge on any atom is 0.248 e. The number of nitrogens with one attached hydrogen (secondary N) is 2.